The first-order chi connectivity index (χ1) is 12.8. The molecule has 0 bridgehead atoms. The zero-order valence-corrected chi connectivity index (χ0v) is 15.5. The number of rotatable bonds is 8. The van der Waals surface area contributed by atoms with E-state index in [9.17, 15) is 0 Å². The van der Waals surface area contributed by atoms with E-state index in [1.165, 1.54) is 5.56 Å². The maximum Gasteiger partial charge on any atom is 0.191 e. The van der Waals surface area contributed by atoms with Crippen molar-refractivity contribution in [2.45, 2.75) is 38.8 Å². The van der Waals surface area contributed by atoms with E-state index in [1.54, 1.807) is 0 Å². The second-order valence-corrected chi connectivity index (χ2v) is 6.49. The molecule has 1 aliphatic heterocycles. The highest BCUT2D eigenvalue weighted by Crippen LogP contribution is 2.11. The maximum atomic E-state index is 5.64. The minimum absolute atomic E-state index is 0.273. The van der Waals surface area contributed by atoms with Crippen molar-refractivity contribution in [1.82, 2.24) is 20.2 Å². The largest absolute Gasteiger partial charge is 0.376 e. The van der Waals surface area contributed by atoms with Crippen LogP contribution in [0.4, 0.5) is 0 Å². The van der Waals surface area contributed by atoms with Crippen molar-refractivity contribution in [3.63, 3.8) is 0 Å². The molecule has 1 aromatic carbocycles. The average Bonchev–Trinajstić information content (AvgIpc) is 3.33. The number of aliphatic imine (C=N–C) groups is 1. The normalized spacial score (nSPS) is 17.4. The molecule has 1 unspecified atom stereocenters. The van der Waals surface area contributed by atoms with E-state index in [-0.39, 0.29) is 6.10 Å². The van der Waals surface area contributed by atoms with Gasteiger partial charge in [0.15, 0.2) is 5.96 Å². The predicted octanol–water partition coefficient (Wildman–Crippen LogP) is 2.21. The van der Waals surface area contributed by atoms with Gasteiger partial charge in [0.1, 0.15) is 5.82 Å². The number of imidazole rings is 1. The SMILES string of the molecule is CCNC(=NCC1CCCO1)NCCc1nccn1Cc1ccccc1. The fraction of sp³-hybridized carbons (Fsp3) is 0.500. The van der Waals surface area contributed by atoms with E-state index in [2.05, 4.69) is 56.4 Å². The topological polar surface area (TPSA) is 63.5 Å². The molecule has 2 heterocycles. The summed E-state index contributed by atoms with van der Waals surface area (Å²) in [7, 11) is 0. The lowest BCUT2D eigenvalue weighted by molar-refractivity contribution is 0.117. The molecule has 1 aromatic heterocycles. The monoisotopic (exact) mass is 355 g/mol. The minimum Gasteiger partial charge on any atom is -0.376 e. The highest BCUT2D eigenvalue weighted by molar-refractivity contribution is 5.79. The number of nitrogens with zero attached hydrogens (tertiary/aromatic N) is 3. The van der Waals surface area contributed by atoms with Crippen molar-refractivity contribution in [3.05, 3.63) is 54.1 Å². The van der Waals surface area contributed by atoms with Gasteiger partial charge in [0.25, 0.3) is 0 Å². The van der Waals surface area contributed by atoms with Crippen LogP contribution in [0.25, 0.3) is 0 Å². The van der Waals surface area contributed by atoms with Crippen molar-refractivity contribution in [2.75, 3.05) is 26.2 Å². The van der Waals surface area contributed by atoms with Crippen LogP contribution in [-0.2, 0) is 17.7 Å². The van der Waals surface area contributed by atoms with Crippen LogP contribution in [0.15, 0.2) is 47.7 Å². The third-order valence-electron chi connectivity index (χ3n) is 4.46. The molecule has 0 aliphatic carbocycles. The van der Waals surface area contributed by atoms with Crippen molar-refractivity contribution in [2.24, 2.45) is 4.99 Å². The lowest BCUT2D eigenvalue weighted by Gasteiger charge is -2.13. The number of hydrogen-bond donors (Lipinski definition) is 2. The van der Waals surface area contributed by atoms with Gasteiger partial charge in [-0.1, -0.05) is 30.3 Å². The fourth-order valence-corrected chi connectivity index (χ4v) is 3.11. The summed E-state index contributed by atoms with van der Waals surface area (Å²) in [6.45, 7) is 6.16. The standard InChI is InChI=1S/C20H29N5O/c1-2-21-20(24-15-18-9-6-14-26-18)23-11-10-19-22-12-13-25(19)16-17-7-4-3-5-8-17/h3-5,7-8,12-13,18H,2,6,9-11,14-16H2,1H3,(H2,21,23,24). The summed E-state index contributed by atoms with van der Waals surface area (Å²) in [6, 6.07) is 10.5. The van der Waals surface area contributed by atoms with Gasteiger partial charge in [-0.15, -0.1) is 0 Å². The average molecular weight is 355 g/mol. The first-order valence-electron chi connectivity index (χ1n) is 9.53. The molecular weight excluding hydrogens is 326 g/mol. The van der Waals surface area contributed by atoms with Crippen molar-refractivity contribution in [1.29, 1.82) is 0 Å². The second-order valence-electron chi connectivity index (χ2n) is 6.49. The third kappa shape index (κ3) is 5.59. The minimum atomic E-state index is 0.273. The number of hydrogen-bond acceptors (Lipinski definition) is 3. The Kier molecular flexibility index (Phi) is 7.07. The van der Waals surface area contributed by atoms with Crippen LogP contribution in [0.1, 0.15) is 31.2 Å². The lowest BCUT2D eigenvalue weighted by Crippen LogP contribution is -2.39. The van der Waals surface area contributed by atoms with Crippen LogP contribution in [0, 0.1) is 0 Å². The summed E-state index contributed by atoms with van der Waals surface area (Å²) >= 11 is 0. The van der Waals surface area contributed by atoms with Gasteiger partial charge < -0.3 is 19.9 Å². The Morgan fingerprint density at radius 2 is 2.19 bits per heavy atom. The highest BCUT2D eigenvalue weighted by Gasteiger charge is 2.14. The summed E-state index contributed by atoms with van der Waals surface area (Å²) in [4.78, 5) is 9.15. The fourth-order valence-electron chi connectivity index (χ4n) is 3.11. The third-order valence-corrected chi connectivity index (χ3v) is 4.46. The molecular formula is C20H29N5O. The molecule has 0 spiro atoms. The lowest BCUT2D eigenvalue weighted by atomic mass is 10.2. The van der Waals surface area contributed by atoms with E-state index < -0.39 is 0 Å². The smallest absolute Gasteiger partial charge is 0.191 e. The molecule has 2 N–H and O–H groups in total. The van der Waals surface area contributed by atoms with Crippen LogP contribution in [0.2, 0.25) is 0 Å². The number of nitrogens with one attached hydrogen (secondary N) is 2. The van der Waals surface area contributed by atoms with Crippen molar-refractivity contribution in [3.8, 4) is 0 Å². The number of ether oxygens (including phenoxy) is 1. The molecule has 1 aliphatic rings. The molecule has 0 radical (unpaired) electrons. The first kappa shape index (κ1) is 18.5. The van der Waals surface area contributed by atoms with E-state index in [1.807, 2.05) is 18.5 Å². The van der Waals surface area contributed by atoms with Gasteiger partial charge in [-0.05, 0) is 25.3 Å². The Morgan fingerprint density at radius 3 is 2.96 bits per heavy atom. The molecule has 1 fully saturated rings. The molecule has 3 rings (SSSR count). The number of benzene rings is 1. The number of guanidine groups is 1. The Hall–Kier alpha value is -2.34. The van der Waals surface area contributed by atoms with Crippen LogP contribution in [0.3, 0.4) is 0 Å². The van der Waals surface area contributed by atoms with E-state index in [4.69, 9.17) is 4.74 Å². The van der Waals surface area contributed by atoms with Gasteiger partial charge in [0, 0.05) is 45.1 Å². The summed E-state index contributed by atoms with van der Waals surface area (Å²) < 4.78 is 7.84. The Labute approximate surface area is 155 Å². The zero-order valence-electron chi connectivity index (χ0n) is 15.5. The van der Waals surface area contributed by atoms with Crippen LogP contribution >= 0.6 is 0 Å². The maximum absolute atomic E-state index is 5.64. The van der Waals surface area contributed by atoms with Crippen LogP contribution in [0.5, 0.6) is 0 Å². The van der Waals surface area contributed by atoms with Crippen LogP contribution < -0.4 is 10.6 Å². The van der Waals surface area contributed by atoms with Gasteiger partial charge >= 0.3 is 0 Å². The Morgan fingerprint density at radius 1 is 1.31 bits per heavy atom. The van der Waals surface area contributed by atoms with Crippen LogP contribution in [-0.4, -0.2) is 47.9 Å². The van der Waals surface area contributed by atoms with Gasteiger partial charge in [0.05, 0.1) is 12.6 Å². The van der Waals surface area contributed by atoms with Gasteiger partial charge in [-0.25, -0.2) is 4.98 Å². The summed E-state index contributed by atoms with van der Waals surface area (Å²) in [5.41, 5.74) is 1.28. The van der Waals surface area contributed by atoms with E-state index >= 15 is 0 Å². The Balaban J connectivity index is 1.49. The molecule has 6 heteroatoms. The molecule has 2 aromatic rings. The highest BCUT2D eigenvalue weighted by atomic mass is 16.5. The molecule has 0 saturated carbocycles. The quantitative estimate of drug-likeness (QED) is 0.563. The first-order valence-corrected chi connectivity index (χ1v) is 9.53. The Bertz CT molecular complexity index is 677. The molecule has 1 atom stereocenters. The zero-order chi connectivity index (χ0) is 18.0. The summed E-state index contributed by atoms with van der Waals surface area (Å²) in [5, 5.41) is 6.70. The molecule has 6 nitrogen and oxygen atoms in total. The van der Waals surface area contributed by atoms with E-state index in [0.29, 0.717) is 0 Å². The van der Waals surface area contributed by atoms with Gasteiger partial charge in [-0.2, -0.15) is 0 Å². The van der Waals surface area contributed by atoms with Gasteiger partial charge in [0.2, 0.25) is 0 Å². The van der Waals surface area contributed by atoms with Crippen molar-refractivity contribution >= 4 is 5.96 Å². The predicted molar refractivity (Wildman–Crippen MR) is 104 cm³/mol. The molecule has 0 amide bonds. The summed E-state index contributed by atoms with van der Waals surface area (Å²) in [6.07, 6.45) is 7.29. The number of aromatic nitrogens is 2. The second kappa shape index (κ2) is 9.97. The molecule has 26 heavy (non-hydrogen) atoms. The molecule has 140 valence electrons. The van der Waals surface area contributed by atoms with Crippen molar-refractivity contribution < 1.29 is 4.74 Å². The van der Waals surface area contributed by atoms with Gasteiger partial charge in [-0.3, -0.25) is 4.99 Å². The van der Waals surface area contributed by atoms with E-state index in [0.717, 1.165) is 63.8 Å². The molecule has 1 saturated heterocycles. The summed E-state index contributed by atoms with van der Waals surface area (Å²) in [5.74, 6) is 1.93.